The molecule has 4 heterocycles. The lowest BCUT2D eigenvalue weighted by Crippen LogP contribution is -2.52. The summed E-state index contributed by atoms with van der Waals surface area (Å²) in [4.78, 5) is 78.9. The van der Waals surface area contributed by atoms with Gasteiger partial charge in [0.25, 0.3) is 11.8 Å². The quantitative estimate of drug-likeness (QED) is 0.207. The van der Waals surface area contributed by atoms with E-state index in [0.717, 1.165) is 15.5 Å². The molecule has 3 aliphatic rings. The highest BCUT2D eigenvalue weighted by atomic mass is 79.9. The number of nitrogens with zero attached hydrogens (tertiary/aromatic N) is 5. The maximum atomic E-state index is 12.9. The first-order valence-electron chi connectivity index (χ1n) is 16.0. The third-order valence-corrected chi connectivity index (χ3v) is 9.41. The molecular weight excluding hydrogens is 696 g/mol. The highest BCUT2D eigenvalue weighted by Crippen LogP contribution is 2.30. The molecule has 1 aromatic heterocycles. The number of aromatic nitrogens is 2. The summed E-state index contributed by atoms with van der Waals surface area (Å²) in [6.07, 6.45) is 6.86. The molecule has 2 aromatic carbocycles. The van der Waals surface area contributed by atoms with Crippen LogP contribution in [0.15, 0.2) is 58.3 Å². The Morgan fingerprint density at radius 2 is 1.96 bits per heavy atom. The fourth-order valence-electron chi connectivity index (χ4n) is 6.09. The summed E-state index contributed by atoms with van der Waals surface area (Å²) in [6.45, 7) is 1.24. The molecule has 1 atom stereocenters. The Balaban J connectivity index is 0.906. The molecule has 0 saturated carbocycles. The zero-order chi connectivity index (χ0) is 34.5. The Hall–Kier alpha value is -5.18. The summed E-state index contributed by atoms with van der Waals surface area (Å²) >= 11 is 3.51. The Bertz CT molecular complexity index is 1870. The van der Waals surface area contributed by atoms with Gasteiger partial charge in [-0.1, -0.05) is 6.07 Å². The van der Waals surface area contributed by atoms with E-state index in [2.05, 4.69) is 36.5 Å². The first-order valence-corrected chi connectivity index (χ1v) is 16.8. The van der Waals surface area contributed by atoms with E-state index < -0.39 is 11.9 Å². The van der Waals surface area contributed by atoms with Crippen LogP contribution in [0, 0.1) is 0 Å². The first kappa shape index (κ1) is 33.7. The molecule has 5 amide bonds. The molecule has 6 rings (SSSR count). The SMILES string of the molecule is NC=C(C=NC1CCN(C(=O)CCNC(=O)COc2ccc3c(c2)CN(C2CCC(=O)NC2=O)C3=O)CC1)c1cnc2cccc(Br)c2n1. The highest BCUT2D eigenvalue weighted by Gasteiger charge is 2.39. The number of ether oxygens (including phenoxy) is 1. The lowest BCUT2D eigenvalue weighted by Gasteiger charge is -2.30. The van der Waals surface area contributed by atoms with Gasteiger partial charge in [-0.3, -0.25) is 39.3 Å². The molecule has 1 unspecified atom stereocenters. The zero-order valence-electron chi connectivity index (χ0n) is 26.6. The molecular formula is C34H35BrN8O6. The molecule has 4 N–H and O–H groups in total. The number of carbonyl (C=O) groups is 5. The van der Waals surface area contributed by atoms with Crippen LogP contribution in [0.2, 0.25) is 0 Å². The number of nitrogens with one attached hydrogen (secondary N) is 2. The van der Waals surface area contributed by atoms with Gasteiger partial charge < -0.3 is 25.6 Å². The van der Waals surface area contributed by atoms with Gasteiger partial charge in [-0.05, 0) is 71.1 Å². The average molecular weight is 732 g/mol. The third-order valence-electron chi connectivity index (χ3n) is 8.77. The molecule has 3 aliphatic heterocycles. The molecule has 15 heteroatoms. The highest BCUT2D eigenvalue weighted by molar-refractivity contribution is 9.10. The summed E-state index contributed by atoms with van der Waals surface area (Å²) in [5.41, 5.74) is 9.81. The third kappa shape index (κ3) is 7.77. The normalized spacial score (nSPS) is 18.6. The lowest BCUT2D eigenvalue weighted by atomic mass is 10.0. The number of carbonyl (C=O) groups excluding carboxylic acids is 5. The number of hydrogen-bond donors (Lipinski definition) is 3. The average Bonchev–Trinajstić information content (AvgIpc) is 3.43. The summed E-state index contributed by atoms with van der Waals surface area (Å²) in [5, 5.41) is 5.00. The first-order chi connectivity index (χ1) is 23.7. The molecule has 14 nitrogen and oxygen atoms in total. The van der Waals surface area contributed by atoms with E-state index in [4.69, 9.17) is 15.5 Å². The van der Waals surface area contributed by atoms with Crippen molar-refractivity contribution in [2.75, 3.05) is 26.2 Å². The van der Waals surface area contributed by atoms with Crippen molar-refractivity contribution in [3.63, 3.8) is 0 Å². The topological polar surface area (TPSA) is 189 Å². The molecule has 254 valence electrons. The molecule has 2 saturated heterocycles. The Labute approximate surface area is 290 Å². The fourth-order valence-corrected chi connectivity index (χ4v) is 6.53. The van der Waals surface area contributed by atoms with Crippen LogP contribution < -0.4 is 21.1 Å². The minimum absolute atomic E-state index is 0.0360. The van der Waals surface area contributed by atoms with E-state index in [-0.39, 0.29) is 68.6 Å². The Morgan fingerprint density at radius 1 is 1.14 bits per heavy atom. The van der Waals surface area contributed by atoms with Crippen molar-refractivity contribution >= 4 is 68.3 Å². The van der Waals surface area contributed by atoms with Gasteiger partial charge in [0.2, 0.25) is 17.7 Å². The van der Waals surface area contributed by atoms with E-state index >= 15 is 0 Å². The van der Waals surface area contributed by atoms with Crippen LogP contribution in [0.4, 0.5) is 0 Å². The summed E-state index contributed by atoms with van der Waals surface area (Å²) in [6, 6.07) is 9.90. The maximum Gasteiger partial charge on any atom is 0.257 e. The minimum Gasteiger partial charge on any atom is -0.484 e. The van der Waals surface area contributed by atoms with Crippen LogP contribution >= 0.6 is 15.9 Å². The Kier molecular flexibility index (Phi) is 10.3. The van der Waals surface area contributed by atoms with E-state index in [9.17, 15) is 24.0 Å². The summed E-state index contributed by atoms with van der Waals surface area (Å²) in [5.74, 6) is -1.13. The summed E-state index contributed by atoms with van der Waals surface area (Å²) in [7, 11) is 0. The second-order valence-corrected chi connectivity index (χ2v) is 12.8. The molecule has 0 spiro atoms. The monoisotopic (exact) mass is 730 g/mol. The number of rotatable bonds is 10. The van der Waals surface area contributed by atoms with Crippen molar-refractivity contribution in [2.45, 2.75) is 50.7 Å². The number of nitrogens with two attached hydrogens (primary N) is 1. The summed E-state index contributed by atoms with van der Waals surface area (Å²) < 4.78 is 6.48. The van der Waals surface area contributed by atoms with E-state index in [1.54, 1.807) is 35.5 Å². The Morgan fingerprint density at radius 3 is 2.73 bits per heavy atom. The van der Waals surface area contributed by atoms with Gasteiger partial charge in [-0.15, -0.1) is 0 Å². The van der Waals surface area contributed by atoms with Crippen molar-refractivity contribution in [2.24, 2.45) is 10.7 Å². The molecule has 0 radical (unpaired) electrons. The smallest absolute Gasteiger partial charge is 0.257 e. The lowest BCUT2D eigenvalue weighted by molar-refractivity contribution is -0.137. The zero-order valence-corrected chi connectivity index (χ0v) is 28.1. The molecule has 0 aliphatic carbocycles. The second-order valence-electron chi connectivity index (χ2n) is 12.0. The van der Waals surface area contributed by atoms with Gasteiger partial charge in [0.1, 0.15) is 17.3 Å². The van der Waals surface area contributed by atoms with E-state index in [1.807, 2.05) is 18.2 Å². The maximum absolute atomic E-state index is 12.9. The molecule has 2 fully saturated rings. The number of benzene rings is 2. The van der Waals surface area contributed by atoms with Crippen LogP contribution in [-0.4, -0.2) is 93.8 Å². The van der Waals surface area contributed by atoms with Crippen molar-refractivity contribution in [1.29, 1.82) is 0 Å². The number of aliphatic imine (C=N–C) groups is 1. The second kappa shape index (κ2) is 14.9. The van der Waals surface area contributed by atoms with Gasteiger partial charge >= 0.3 is 0 Å². The number of allylic oxidation sites excluding steroid dienone is 1. The number of halogens is 1. The van der Waals surface area contributed by atoms with E-state index in [0.29, 0.717) is 54.1 Å². The van der Waals surface area contributed by atoms with Gasteiger partial charge in [-0.25, -0.2) is 4.98 Å². The van der Waals surface area contributed by atoms with Gasteiger partial charge in [-0.2, -0.15) is 0 Å². The van der Waals surface area contributed by atoms with Crippen LogP contribution in [0.5, 0.6) is 5.75 Å². The van der Waals surface area contributed by atoms with E-state index in [1.165, 1.54) is 11.1 Å². The number of likely N-dealkylation sites (tertiary alicyclic amines) is 1. The van der Waals surface area contributed by atoms with Gasteiger partial charge in [0, 0.05) is 67.0 Å². The van der Waals surface area contributed by atoms with Crippen molar-refractivity contribution in [1.82, 2.24) is 30.4 Å². The largest absolute Gasteiger partial charge is 0.484 e. The number of piperidine rings is 2. The van der Waals surface area contributed by atoms with Crippen molar-refractivity contribution in [3.8, 4) is 5.75 Å². The number of hydrogen-bond acceptors (Lipinski definition) is 10. The van der Waals surface area contributed by atoms with Crippen LogP contribution in [0.25, 0.3) is 16.6 Å². The van der Waals surface area contributed by atoms with Crippen molar-refractivity contribution < 1.29 is 28.7 Å². The van der Waals surface area contributed by atoms with Crippen LogP contribution in [0.1, 0.15) is 53.7 Å². The minimum atomic E-state index is -0.706. The molecule has 3 aromatic rings. The predicted molar refractivity (Wildman–Crippen MR) is 183 cm³/mol. The standard InChI is InChI=1S/C34H35BrN8O6/c35-25-2-1-3-26-32(25)40-27(17-39-26)21(15-36)16-38-22-9-12-42(13-10-22)31(46)8-11-37-30(45)19-49-23-4-5-24-20(14-23)18-43(34(24)48)28-6-7-29(44)41-33(28)47/h1-5,14-17,22,28H,6-13,18-19,36H2,(H,37,45)(H,41,44,47). The van der Waals surface area contributed by atoms with Crippen LogP contribution in [-0.2, 0) is 25.7 Å². The van der Waals surface area contributed by atoms with Gasteiger partial charge in [0.05, 0.1) is 23.4 Å². The number of amides is 5. The number of fused-ring (bicyclic) bond motifs is 2. The predicted octanol–water partition coefficient (Wildman–Crippen LogP) is 2.10. The van der Waals surface area contributed by atoms with Crippen molar-refractivity contribution in [3.05, 3.63) is 70.1 Å². The number of imide groups is 1. The van der Waals surface area contributed by atoms with Gasteiger partial charge in [0.15, 0.2) is 6.61 Å². The fraction of sp³-hybridized carbons (Fsp3) is 0.353. The van der Waals surface area contributed by atoms with Crippen LogP contribution in [0.3, 0.4) is 0 Å². The number of para-hydroxylation sites is 1. The molecule has 49 heavy (non-hydrogen) atoms. The molecule has 0 bridgehead atoms.